The normalized spacial score (nSPS) is 17.7. The molecule has 1 rings (SSSR count). The monoisotopic (exact) mass is 327 g/mol. The van der Waals surface area contributed by atoms with Crippen molar-refractivity contribution in [2.24, 2.45) is 11.1 Å². The van der Waals surface area contributed by atoms with Crippen LogP contribution in [0.5, 0.6) is 0 Å². The van der Waals surface area contributed by atoms with Crippen LogP contribution < -0.4 is 5.73 Å². The number of sulfonamides is 1. The Morgan fingerprint density at radius 2 is 1.60 bits per heavy atom. The number of carbonyl (C=O) groups is 1. The first-order valence-corrected chi connectivity index (χ1v) is 8.60. The van der Waals surface area contributed by atoms with E-state index in [1.54, 1.807) is 4.90 Å². The molecule has 1 saturated heterocycles. The molecule has 1 aliphatic rings. The highest BCUT2D eigenvalue weighted by Crippen LogP contribution is 2.28. The summed E-state index contributed by atoms with van der Waals surface area (Å²) in [6.07, 6.45) is 2.63. The van der Waals surface area contributed by atoms with E-state index in [1.165, 1.54) is 10.6 Å². The molecule has 1 amide bonds. The summed E-state index contributed by atoms with van der Waals surface area (Å²) < 4.78 is 24.3. The lowest BCUT2D eigenvalue weighted by molar-refractivity contribution is -0.143. The van der Waals surface area contributed by atoms with Gasteiger partial charge in [0.2, 0.25) is 15.9 Å². The Hall–Kier alpha value is -0.370. The van der Waals surface area contributed by atoms with Gasteiger partial charge in [0.25, 0.3) is 0 Å². The smallest absolute Gasteiger partial charge is 0.230 e. The van der Waals surface area contributed by atoms with Crippen molar-refractivity contribution in [2.75, 3.05) is 39.0 Å². The predicted octanol–water partition coefficient (Wildman–Crippen LogP) is 0.277. The number of nitrogens with two attached hydrogens (primary N) is 1. The fourth-order valence-corrected chi connectivity index (χ4v) is 3.31. The summed E-state index contributed by atoms with van der Waals surface area (Å²) in [5.41, 5.74) is 5.29. The Labute approximate surface area is 128 Å². The lowest BCUT2D eigenvalue weighted by atomic mass is 9.81. The molecule has 0 aromatic heterocycles. The third-order valence-electron chi connectivity index (χ3n) is 4.19. The van der Waals surface area contributed by atoms with E-state index in [4.69, 9.17) is 5.73 Å². The molecular weight excluding hydrogens is 302 g/mol. The molecular formula is C12H26ClN3O3S. The van der Waals surface area contributed by atoms with Crippen molar-refractivity contribution in [2.45, 2.75) is 26.7 Å². The van der Waals surface area contributed by atoms with E-state index >= 15 is 0 Å². The number of nitrogens with zero attached hydrogens (tertiary/aromatic N) is 2. The minimum absolute atomic E-state index is 0. The summed E-state index contributed by atoms with van der Waals surface area (Å²) in [5.74, 6) is 0.0631. The second kappa shape index (κ2) is 7.59. The van der Waals surface area contributed by atoms with Crippen LogP contribution in [-0.2, 0) is 14.8 Å². The summed E-state index contributed by atoms with van der Waals surface area (Å²) in [5, 5.41) is 0. The average molecular weight is 328 g/mol. The van der Waals surface area contributed by atoms with Gasteiger partial charge in [0.1, 0.15) is 0 Å². The van der Waals surface area contributed by atoms with Gasteiger partial charge in [0.15, 0.2) is 0 Å². The van der Waals surface area contributed by atoms with Crippen LogP contribution in [0, 0.1) is 5.41 Å². The summed E-state index contributed by atoms with van der Waals surface area (Å²) in [6, 6.07) is 0. The maximum atomic E-state index is 12.5. The SMILES string of the molecule is CCC(CC)(CN)C(=O)N1CCN(S(C)(=O)=O)CC1.Cl. The minimum Gasteiger partial charge on any atom is -0.340 e. The van der Waals surface area contributed by atoms with Crippen LogP contribution in [0.15, 0.2) is 0 Å². The molecule has 0 radical (unpaired) electrons. The van der Waals surface area contributed by atoms with E-state index in [-0.39, 0.29) is 18.3 Å². The van der Waals surface area contributed by atoms with Gasteiger partial charge >= 0.3 is 0 Å². The maximum Gasteiger partial charge on any atom is 0.230 e. The highest BCUT2D eigenvalue weighted by molar-refractivity contribution is 7.88. The number of hydrogen-bond acceptors (Lipinski definition) is 4. The molecule has 1 heterocycles. The highest BCUT2D eigenvalue weighted by atomic mass is 35.5. The van der Waals surface area contributed by atoms with E-state index in [0.717, 1.165) is 0 Å². The Morgan fingerprint density at radius 1 is 1.15 bits per heavy atom. The second-order valence-corrected chi connectivity index (χ2v) is 7.13. The molecule has 0 atom stereocenters. The average Bonchev–Trinajstić information content (AvgIpc) is 2.40. The molecule has 0 aromatic carbocycles. The first-order valence-electron chi connectivity index (χ1n) is 6.75. The molecule has 0 bridgehead atoms. The Bertz CT molecular complexity index is 407. The molecule has 0 unspecified atom stereocenters. The molecule has 20 heavy (non-hydrogen) atoms. The van der Waals surface area contributed by atoms with Crippen molar-refractivity contribution in [1.29, 1.82) is 0 Å². The number of piperazine rings is 1. The van der Waals surface area contributed by atoms with Crippen molar-refractivity contribution >= 4 is 28.3 Å². The van der Waals surface area contributed by atoms with Gasteiger partial charge in [0.05, 0.1) is 11.7 Å². The predicted molar refractivity (Wildman–Crippen MR) is 82.3 cm³/mol. The number of amides is 1. The number of carbonyl (C=O) groups excluding carboxylic acids is 1. The molecule has 1 aliphatic heterocycles. The number of rotatable bonds is 5. The second-order valence-electron chi connectivity index (χ2n) is 5.15. The van der Waals surface area contributed by atoms with Crippen LogP contribution in [0.4, 0.5) is 0 Å². The Morgan fingerprint density at radius 3 is 1.90 bits per heavy atom. The van der Waals surface area contributed by atoms with Crippen LogP contribution in [-0.4, -0.2) is 62.5 Å². The summed E-state index contributed by atoms with van der Waals surface area (Å²) >= 11 is 0. The molecule has 0 aliphatic carbocycles. The molecule has 6 nitrogen and oxygen atoms in total. The standard InChI is InChI=1S/C12H25N3O3S.ClH/c1-4-12(5-2,10-13)11(16)14-6-8-15(9-7-14)19(3,17)18;/h4-10,13H2,1-3H3;1H. The van der Waals surface area contributed by atoms with E-state index < -0.39 is 15.4 Å². The van der Waals surface area contributed by atoms with Crippen molar-refractivity contribution in [3.63, 3.8) is 0 Å². The zero-order valence-corrected chi connectivity index (χ0v) is 14.1. The number of hydrogen-bond donors (Lipinski definition) is 1. The van der Waals surface area contributed by atoms with Gasteiger partial charge < -0.3 is 10.6 Å². The first kappa shape index (κ1) is 19.6. The molecule has 0 saturated carbocycles. The Balaban J connectivity index is 0.00000361. The highest BCUT2D eigenvalue weighted by Gasteiger charge is 2.38. The molecule has 1 fully saturated rings. The van der Waals surface area contributed by atoms with Crippen LogP contribution in [0.1, 0.15) is 26.7 Å². The summed E-state index contributed by atoms with van der Waals surface area (Å²) in [4.78, 5) is 14.3. The van der Waals surface area contributed by atoms with E-state index in [1.807, 2.05) is 13.8 Å². The van der Waals surface area contributed by atoms with E-state index in [9.17, 15) is 13.2 Å². The lowest BCUT2D eigenvalue weighted by Gasteiger charge is -2.39. The van der Waals surface area contributed by atoms with Crippen LogP contribution in [0.3, 0.4) is 0 Å². The van der Waals surface area contributed by atoms with Gasteiger partial charge in [-0.05, 0) is 12.8 Å². The first-order chi connectivity index (χ1) is 8.80. The fraction of sp³-hybridized carbons (Fsp3) is 0.917. The zero-order chi connectivity index (χ0) is 14.7. The van der Waals surface area contributed by atoms with Crippen LogP contribution in [0.2, 0.25) is 0 Å². The van der Waals surface area contributed by atoms with Crippen molar-refractivity contribution < 1.29 is 13.2 Å². The third-order valence-corrected chi connectivity index (χ3v) is 5.50. The molecule has 2 N–H and O–H groups in total. The van der Waals surface area contributed by atoms with E-state index in [0.29, 0.717) is 45.6 Å². The third kappa shape index (κ3) is 4.07. The molecule has 0 spiro atoms. The molecule has 0 aromatic rings. The minimum atomic E-state index is -3.16. The fourth-order valence-electron chi connectivity index (χ4n) is 2.49. The summed E-state index contributed by atoms with van der Waals surface area (Å²) in [6.45, 7) is 5.94. The van der Waals surface area contributed by atoms with Crippen LogP contribution >= 0.6 is 12.4 Å². The molecule has 120 valence electrons. The largest absolute Gasteiger partial charge is 0.340 e. The zero-order valence-electron chi connectivity index (χ0n) is 12.5. The van der Waals surface area contributed by atoms with Crippen molar-refractivity contribution in [3.05, 3.63) is 0 Å². The van der Waals surface area contributed by atoms with Crippen LogP contribution in [0.25, 0.3) is 0 Å². The number of halogens is 1. The van der Waals surface area contributed by atoms with Gasteiger partial charge in [-0.3, -0.25) is 4.79 Å². The van der Waals surface area contributed by atoms with Gasteiger partial charge in [0, 0.05) is 32.7 Å². The van der Waals surface area contributed by atoms with Gasteiger partial charge in [-0.1, -0.05) is 13.8 Å². The quantitative estimate of drug-likeness (QED) is 0.786. The topological polar surface area (TPSA) is 83.7 Å². The van der Waals surface area contributed by atoms with Crippen molar-refractivity contribution in [1.82, 2.24) is 9.21 Å². The molecule has 8 heteroatoms. The lowest BCUT2D eigenvalue weighted by Crippen LogP contribution is -2.55. The summed E-state index contributed by atoms with van der Waals surface area (Å²) in [7, 11) is -3.16. The van der Waals surface area contributed by atoms with Gasteiger partial charge in [-0.25, -0.2) is 8.42 Å². The van der Waals surface area contributed by atoms with Gasteiger partial charge in [-0.15, -0.1) is 12.4 Å². The Kier molecular flexibility index (Phi) is 7.44. The van der Waals surface area contributed by atoms with Crippen molar-refractivity contribution in [3.8, 4) is 0 Å². The maximum absolute atomic E-state index is 12.5. The van der Waals surface area contributed by atoms with Gasteiger partial charge in [-0.2, -0.15) is 4.31 Å². The van der Waals surface area contributed by atoms with E-state index in [2.05, 4.69) is 0 Å².